The van der Waals surface area contributed by atoms with Gasteiger partial charge in [-0.15, -0.1) is 6.58 Å². The lowest BCUT2D eigenvalue weighted by atomic mass is 9.73. The smallest absolute Gasteiger partial charge is 0.146 e. The van der Waals surface area contributed by atoms with E-state index in [0.717, 1.165) is 19.3 Å². The zero-order valence-corrected chi connectivity index (χ0v) is 9.24. The molecule has 2 aliphatic heterocycles. The van der Waals surface area contributed by atoms with Crippen LogP contribution in [-0.4, -0.2) is 30.6 Å². The number of carbonyl (C=O) groups excluding carboxylic acids is 1. The fourth-order valence-electron chi connectivity index (χ4n) is 2.85. The molecule has 0 aromatic rings. The summed E-state index contributed by atoms with van der Waals surface area (Å²) in [6.07, 6.45) is 5.38. The van der Waals surface area contributed by atoms with Gasteiger partial charge in [-0.2, -0.15) is 0 Å². The Hall–Kier alpha value is -0.670. The summed E-state index contributed by atoms with van der Waals surface area (Å²) in [4.78, 5) is 11.4. The molecule has 2 saturated heterocycles. The minimum absolute atomic E-state index is 0.0762. The van der Waals surface area contributed by atoms with Gasteiger partial charge >= 0.3 is 0 Å². The van der Waals surface area contributed by atoms with Gasteiger partial charge in [0.15, 0.2) is 0 Å². The summed E-state index contributed by atoms with van der Waals surface area (Å²) in [5.74, 6) is 0.745. The number of fused-ring (bicyclic) bond motifs is 3. The molecule has 1 aliphatic carbocycles. The normalized spacial score (nSPS) is 39.0. The first-order valence-corrected chi connectivity index (χ1v) is 5.71. The Bertz CT molecular complexity index is 264. The van der Waals surface area contributed by atoms with Gasteiger partial charge in [0.05, 0.1) is 18.8 Å². The average Bonchev–Trinajstić information content (AvgIpc) is 2.27. The van der Waals surface area contributed by atoms with E-state index in [1.165, 1.54) is 0 Å². The summed E-state index contributed by atoms with van der Waals surface area (Å²) in [5, 5.41) is 3.40. The largest absolute Gasteiger partial charge is 0.373 e. The second-order valence-corrected chi connectivity index (χ2v) is 4.60. The first-order chi connectivity index (χ1) is 7.22. The number of carbonyl (C=O) groups is 1. The highest BCUT2D eigenvalue weighted by atomic mass is 16.5. The van der Waals surface area contributed by atoms with Crippen LogP contribution >= 0.6 is 0 Å². The molecule has 0 radical (unpaired) electrons. The third kappa shape index (κ3) is 2.13. The molecule has 0 aromatic heterocycles. The van der Waals surface area contributed by atoms with Crippen LogP contribution in [0.4, 0.5) is 0 Å². The monoisotopic (exact) mass is 209 g/mol. The second-order valence-electron chi connectivity index (χ2n) is 4.60. The molecule has 3 rings (SSSR count). The highest BCUT2D eigenvalue weighted by Crippen LogP contribution is 2.35. The number of ketones is 1. The van der Waals surface area contributed by atoms with Crippen molar-refractivity contribution >= 4 is 5.78 Å². The predicted molar refractivity (Wildman–Crippen MR) is 58.7 cm³/mol. The topological polar surface area (TPSA) is 38.3 Å². The number of hydrogen-bond acceptors (Lipinski definition) is 3. The molecule has 4 atom stereocenters. The minimum atomic E-state index is 0.0762. The van der Waals surface area contributed by atoms with Crippen molar-refractivity contribution in [3.8, 4) is 0 Å². The molecule has 1 saturated carbocycles. The fourth-order valence-corrected chi connectivity index (χ4v) is 2.85. The maximum Gasteiger partial charge on any atom is 0.146 e. The van der Waals surface area contributed by atoms with Crippen LogP contribution in [0.3, 0.4) is 0 Å². The number of rotatable bonds is 4. The van der Waals surface area contributed by atoms with Crippen molar-refractivity contribution in [1.82, 2.24) is 5.32 Å². The van der Waals surface area contributed by atoms with Gasteiger partial charge in [0.25, 0.3) is 0 Å². The summed E-state index contributed by atoms with van der Waals surface area (Å²) in [5.41, 5.74) is 0. The standard InChI is InChI=1S/C12H19NO2/c1-3-6-15-11-7-9-4-5-10(11)13-12(9)8(2)14/h3,9-13H,1,4-7H2,2H3/t9-,10+,11+,12+/m1/s1. The van der Waals surface area contributed by atoms with Gasteiger partial charge in [0.1, 0.15) is 5.78 Å². The van der Waals surface area contributed by atoms with Crippen LogP contribution in [0.1, 0.15) is 26.2 Å². The number of Topliss-reactive ketones (excluding diaryl/α,β-unsaturated/α-hetero) is 1. The molecule has 0 amide bonds. The molecular formula is C12H19NO2. The van der Waals surface area contributed by atoms with Crippen LogP contribution in [-0.2, 0) is 9.53 Å². The van der Waals surface area contributed by atoms with E-state index in [9.17, 15) is 4.79 Å². The van der Waals surface area contributed by atoms with Crippen LogP contribution in [0.2, 0.25) is 0 Å². The molecule has 3 nitrogen and oxygen atoms in total. The van der Waals surface area contributed by atoms with Crippen LogP contribution < -0.4 is 5.32 Å². The van der Waals surface area contributed by atoms with Crippen molar-refractivity contribution in [3.05, 3.63) is 12.7 Å². The van der Waals surface area contributed by atoms with Crippen LogP contribution in [0.15, 0.2) is 12.7 Å². The number of piperidine rings is 2. The van der Waals surface area contributed by atoms with Gasteiger partial charge in [-0.25, -0.2) is 0 Å². The molecule has 3 aliphatic rings. The average molecular weight is 209 g/mol. The van der Waals surface area contributed by atoms with E-state index >= 15 is 0 Å². The van der Waals surface area contributed by atoms with Gasteiger partial charge in [-0.1, -0.05) is 6.08 Å². The van der Waals surface area contributed by atoms with E-state index in [2.05, 4.69) is 11.9 Å². The Morgan fingerprint density at radius 2 is 2.40 bits per heavy atom. The third-order valence-corrected chi connectivity index (χ3v) is 3.56. The number of nitrogens with one attached hydrogen (secondary N) is 1. The van der Waals surface area contributed by atoms with Crippen LogP contribution in [0.25, 0.3) is 0 Å². The van der Waals surface area contributed by atoms with Gasteiger partial charge in [-0.05, 0) is 32.1 Å². The SMILES string of the molecule is C=CCO[C@H]1C[C@H]2CC[C@@H]1N[C@H]2C(C)=O. The fraction of sp³-hybridized carbons (Fsp3) is 0.750. The maximum absolute atomic E-state index is 11.4. The lowest BCUT2D eigenvalue weighted by molar-refractivity contribution is -0.125. The molecule has 3 heteroatoms. The van der Waals surface area contributed by atoms with E-state index in [4.69, 9.17) is 4.74 Å². The molecule has 1 N–H and O–H groups in total. The number of hydrogen-bond donors (Lipinski definition) is 1. The Labute approximate surface area is 90.9 Å². The van der Waals surface area contributed by atoms with Crippen molar-refractivity contribution in [1.29, 1.82) is 0 Å². The maximum atomic E-state index is 11.4. The number of ether oxygens (including phenoxy) is 1. The molecule has 2 heterocycles. The third-order valence-electron chi connectivity index (χ3n) is 3.56. The van der Waals surface area contributed by atoms with Crippen molar-refractivity contribution in [3.63, 3.8) is 0 Å². The van der Waals surface area contributed by atoms with E-state index in [1.54, 1.807) is 13.0 Å². The highest BCUT2D eigenvalue weighted by molar-refractivity contribution is 5.82. The molecule has 0 aromatic carbocycles. The van der Waals surface area contributed by atoms with Gasteiger partial charge in [0.2, 0.25) is 0 Å². The molecule has 2 bridgehead atoms. The summed E-state index contributed by atoms with van der Waals surface area (Å²) < 4.78 is 5.70. The van der Waals surface area contributed by atoms with Crippen LogP contribution in [0, 0.1) is 5.92 Å². The van der Waals surface area contributed by atoms with E-state index in [1.807, 2.05) is 0 Å². The first-order valence-electron chi connectivity index (χ1n) is 5.71. The van der Waals surface area contributed by atoms with Crippen molar-refractivity contribution in [2.75, 3.05) is 6.61 Å². The van der Waals surface area contributed by atoms with Crippen molar-refractivity contribution in [2.24, 2.45) is 5.92 Å². The van der Waals surface area contributed by atoms with Gasteiger partial charge < -0.3 is 10.1 Å². The van der Waals surface area contributed by atoms with E-state index < -0.39 is 0 Å². The summed E-state index contributed by atoms with van der Waals surface area (Å²) in [6.45, 7) is 5.94. The Morgan fingerprint density at radius 3 is 2.93 bits per heavy atom. The van der Waals surface area contributed by atoms with Crippen LogP contribution in [0.5, 0.6) is 0 Å². The van der Waals surface area contributed by atoms with Gasteiger partial charge in [-0.3, -0.25) is 4.79 Å². The molecule has 15 heavy (non-hydrogen) atoms. The first kappa shape index (κ1) is 10.8. The molecule has 0 unspecified atom stereocenters. The van der Waals surface area contributed by atoms with Gasteiger partial charge in [0, 0.05) is 6.04 Å². The molecular weight excluding hydrogens is 190 g/mol. The second kappa shape index (κ2) is 4.45. The predicted octanol–water partition coefficient (Wildman–Crippen LogP) is 1.29. The minimum Gasteiger partial charge on any atom is -0.373 e. The lowest BCUT2D eigenvalue weighted by Gasteiger charge is -2.47. The summed E-state index contributed by atoms with van der Waals surface area (Å²) in [6, 6.07) is 0.441. The van der Waals surface area contributed by atoms with Crippen molar-refractivity contribution in [2.45, 2.75) is 44.4 Å². The van der Waals surface area contributed by atoms with E-state index in [-0.39, 0.29) is 17.9 Å². The Balaban J connectivity index is 1.96. The highest BCUT2D eigenvalue weighted by Gasteiger charge is 2.43. The zero-order chi connectivity index (χ0) is 10.8. The van der Waals surface area contributed by atoms with E-state index in [0.29, 0.717) is 18.6 Å². The summed E-state index contributed by atoms with van der Waals surface area (Å²) in [7, 11) is 0. The Morgan fingerprint density at radius 1 is 1.60 bits per heavy atom. The Kier molecular flexibility index (Phi) is 3.22. The summed E-state index contributed by atoms with van der Waals surface area (Å²) >= 11 is 0. The molecule has 84 valence electrons. The molecule has 0 spiro atoms. The lowest BCUT2D eigenvalue weighted by Crippen LogP contribution is -2.61. The quantitative estimate of drug-likeness (QED) is 0.709. The zero-order valence-electron chi connectivity index (χ0n) is 9.24. The van der Waals surface area contributed by atoms with Crippen molar-refractivity contribution < 1.29 is 9.53 Å². The molecule has 3 fully saturated rings.